The number of esters is 1. The summed E-state index contributed by atoms with van der Waals surface area (Å²) in [5.41, 5.74) is -0.140. The van der Waals surface area contributed by atoms with Crippen LogP contribution in [0.4, 0.5) is 0 Å². The van der Waals surface area contributed by atoms with Gasteiger partial charge in [-0.15, -0.1) is 0 Å². The molecule has 0 atom stereocenters. The molecule has 0 aliphatic rings. The molecule has 0 aliphatic carbocycles. The predicted octanol–water partition coefficient (Wildman–Crippen LogP) is 1.19. The molecular weight excluding hydrogens is 208 g/mol. The fraction of sp³-hybridized carbons (Fsp3) is 0.545. The Balaban J connectivity index is 2.51. The minimum atomic E-state index is -0.522. The van der Waals surface area contributed by atoms with E-state index in [4.69, 9.17) is 4.74 Å². The van der Waals surface area contributed by atoms with Crippen LogP contribution in [0.1, 0.15) is 31.1 Å². The fourth-order valence-electron chi connectivity index (χ4n) is 0.958. The van der Waals surface area contributed by atoms with E-state index in [0.29, 0.717) is 5.56 Å². The van der Waals surface area contributed by atoms with Crippen molar-refractivity contribution in [3.05, 3.63) is 18.0 Å². The van der Waals surface area contributed by atoms with E-state index < -0.39 is 11.4 Å². The number of carbonyl (C=O) groups excluding carboxylic acids is 2. The first-order chi connectivity index (χ1) is 7.30. The number of hydrogen-bond donors (Lipinski definition) is 0. The van der Waals surface area contributed by atoms with Crippen LogP contribution in [-0.2, 0) is 16.6 Å². The predicted molar refractivity (Wildman–Crippen MR) is 58.0 cm³/mol. The minimum absolute atomic E-state index is 0.107. The maximum Gasteiger partial charge on any atom is 0.341 e. The van der Waals surface area contributed by atoms with Gasteiger partial charge in [-0.1, -0.05) is 20.8 Å². The van der Waals surface area contributed by atoms with Crippen molar-refractivity contribution in [1.82, 2.24) is 9.78 Å². The van der Waals surface area contributed by atoms with Gasteiger partial charge in [-0.2, -0.15) is 5.10 Å². The quantitative estimate of drug-likeness (QED) is 0.723. The van der Waals surface area contributed by atoms with E-state index in [0.717, 1.165) is 0 Å². The maximum atomic E-state index is 11.5. The van der Waals surface area contributed by atoms with Gasteiger partial charge in [-0.3, -0.25) is 9.48 Å². The topological polar surface area (TPSA) is 61.2 Å². The monoisotopic (exact) mass is 224 g/mol. The molecule has 0 unspecified atom stereocenters. The van der Waals surface area contributed by atoms with Crippen molar-refractivity contribution in [2.45, 2.75) is 20.8 Å². The maximum absolute atomic E-state index is 11.5. The largest absolute Gasteiger partial charge is 0.454 e. The first-order valence-electron chi connectivity index (χ1n) is 5.00. The second-order valence-electron chi connectivity index (χ2n) is 4.65. The molecule has 1 rings (SSSR count). The van der Waals surface area contributed by atoms with Crippen molar-refractivity contribution in [2.24, 2.45) is 12.5 Å². The molecule has 0 aromatic carbocycles. The molecule has 1 aromatic rings. The van der Waals surface area contributed by atoms with Gasteiger partial charge in [0.25, 0.3) is 0 Å². The summed E-state index contributed by atoms with van der Waals surface area (Å²) < 4.78 is 6.39. The van der Waals surface area contributed by atoms with Crippen LogP contribution < -0.4 is 0 Å². The van der Waals surface area contributed by atoms with E-state index in [2.05, 4.69) is 5.10 Å². The molecule has 0 radical (unpaired) electrons. The van der Waals surface area contributed by atoms with Crippen molar-refractivity contribution in [1.29, 1.82) is 0 Å². The summed E-state index contributed by atoms with van der Waals surface area (Å²) in [6, 6.07) is 0. The van der Waals surface area contributed by atoms with Crippen LogP contribution in [0.25, 0.3) is 0 Å². The average Bonchev–Trinajstić information content (AvgIpc) is 2.59. The molecule has 1 aromatic heterocycles. The Morgan fingerprint density at radius 2 is 2.06 bits per heavy atom. The number of rotatable bonds is 3. The van der Waals surface area contributed by atoms with Crippen LogP contribution >= 0.6 is 0 Å². The number of aryl methyl sites for hydroxylation is 1. The van der Waals surface area contributed by atoms with Crippen molar-refractivity contribution in [3.63, 3.8) is 0 Å². The van der Waals surface area contributed by atoms with Gasteiger partial charge in [0, 0.05) is 18.7 Å². The smallest absolute Gasteiger partial charge is 0.341 e. The summed E-state index contributed by atoms with van der Waals surface area (Å²) in [6.45, 7) is 5.16. The summed E-state index contributed by atoms with van der Waals surface area (Å²) in [5.74, 6) is -0.629. The van der Waals surface area contributed by atoms with E-state index in [1.165, 1.54) is 10.9 Å². The molecule has 0 saturated carbocycles. The molecule has 0 saturated heterocycles. The summed E-state index contributed by atoms with van der Waals surface area (Å²) in [6.07, 6.45) is 2.95. The van der Waals surface area contributed by atoms with Crippen LogP contribution in [-0.4, -0.2) is 28.1 Å². The van der Waals surface area contributed by atoms with Gasteiger partial charge in [0.15, 0.2) is 12.4 Å². The average molecular weight is 224 g/mol. The highest BCUT2D eigenvalue weighted by atomic mass is 16.5. The molecule has 0 fully saturated rings. The number of hydrogen-bond acceptors (Lipinski definition) is 4. The lowest BCUT2D eigenvalue weighted by molar-refractivity contribution is -0.129. The van der Waals surface area contributed by atoms with Crippen LogP contribution in [0, 0.1) is 5.41 Å². The normalized spacial score (nSPS) is 11.2. The van der Waals surface area contributed by atoms with Gasteiger partial charge < -0.3 is 4.74 Å². The Labute approximate surface area is 94.4 Å². The molecule has 16 heavy (non-hydrogen) atoms. The minimum Gasteiger partial charge on any atom is -0.454 e. The van der Waals surface area contributed by atoms with Crippen LogP contribution in [0.15, 0.2) is 12.4 Å². The number of Topliss-reactive ketones (excluding diaryl/α,β-unsaturated/α-hetero) is 1. The number of nitrogens with zero attached hydrogens (tertiary/aromatic N) is 2. The second-order valence-corrected chi connectivity index (χ2v) is 4.65. The number of ether oxygens (including phenoxy) is 1. The summed E-state index contributed by atoms with van der Waals surface area (Å²) in [5, 5.41) is 3.84. The summed E-state index contributed by atoms with van der Waals surface area (Å²) >= 11 is 0. The van der Waals surface area contributed by atoms with Crippen molar-refractivity contribution in [3.8, 4) is 0 Å². The van der Waals surface area contributed by atoms with Crippen molar-refractivity contribution in [2.75, 3.05) is 6.61 Å². The zero-order valence-electron chi connectivity index (χ0n) is 9.98. The molecule has 0 aliphatic heterocycles. The number of aromatic nitrogens is 2. The van der Waals surface area contributed by atoms with Gasteiger partial charge in [0.1, 0.15) is 0 Å². The van der Waals surface area contributed by atoms with Crippen LogP contribution in [0.5, 0.6) is 0 Å². The lowest BCUT2D eigenvalue weighted by Crippen LogP contribution is -2.26. The highest BCUT2D eigenvalue weighted by Gasteiger charge is 2.22. The van der Waals surface area contributed by atoms with Gasteiger partial charge >= 0.3 is 5.97 Å². The van der Waals surface area contributed by atoms with Gasteiger partial charge in [-0.25, -0.2) is 4.79 Å². The Morgan fingerprint density at radius 1 is 1.44 bits per heavy atom. The van der Waals surface area contributed by atoms with E-state index >= 15 is 0 Å². The SMILES string of the molecule is Cn1cc(C(=O)OCC(=O)C(C)(C)C)cn1. The standard InChI is InChI=1S/C11H16N2O3/c1-11(2,3)9(14)7-16-10(15)8-5-12-13(4)6-8/h5-6H,7H2,1-4H3. The van der Waals surface area contributed by atoms with E-state index in [9.17, 15) is 9.59 Å². The van der Waals surface area contributed by atoms with E-state index in [1.807, 2.05) is 0 Å². The molecule has 5 nitrogen and oxygen atoms in total. The molecule has 0 spiro atoms. The Hall–Kier alpha value is -1.65. The van der Waals surface area contributed by atoms with Gasteiger partial charge in [0.2, 0.25) is 0 Å². The summed E-state index contributed by atoms with van der Waals surface area (Å²) in [4.78, 5) is 23.0. The van der Waals surface area contributed by atoms with Crippen LogP contribution in [0.2, 0.25) is 0 Å². The van der Waals surface area contributed by atoms with Crippen molar-refractivity contribution < 1.29 is 14.3 Å². The first-order valence-corrected chi connectivity index (χ1v) is 5.00. The van der Waals surface area contributed by atoms with E-state index in [-0.39, 0.29) is 12.4 Å². The Morgan fingerprint density at radius 3 is 2.50 bits per heavy atom. The Bertz CT molecular complexity index is 402. The lowest BCUT2D eigenvalue weighted by atomic mass is 9.91. The van der Waals surface area contributed by atoms with Crippen LogP contribution in [0.3, 0.4) is 0 Å². The second kappa shape index (κ2) is 4.47. The fourth-order valence-corrected chi connectivity index (χ4v) is 0.958. The number of carbonyl (C=O) groups is 2. The van der Waals surface area contributed by atoms with Gasteiger partial charge in [-0.05, 0) is 0 Å². The molecule has 0 bridgehead atoms. The Kier molecular flexibility index (Phi) is 3.47. The third kappa shape index (κ3) is 3.18. The first kappa shape index (κ1) is 12.4. The third-order valence-corrected chi connectivity index (χ3v) is 2.11. The lowest BCUT2D eigenvalue weighted by Gasteiger charge is -2.15. The van der Waals surface area contributed by atoms with E-state index in [1.54, 1.807) is 34.0 Å². The molecule has 1 heterocycles. The summed E-state index contributed by atoms with van der Waals surface area (Å²) in [7, 11) is 1.71. The molecular formula is C11H16N2O3. The zero-order valence-corrected chi connectivity index (χ0v) is 9.98. The molecule has 5 heteroatoms. The highest BCUT2D eigenvalue weighted by molar-refractivity contribution is 5.92. The third-order valence-electron chi connectivity index (χ3n) is 2.11. The molecule has 0 amide bonds. The number of ketones is 1. The van der Waals surface area contributed by atoms with Crippen molar-refractivity contribution >= 4 is 11.8 Å². The zero-order chi connectivity index (χ0) is 12.3. The van der Waals surface area contributed by atoms with Gasteiger partial charge in [0.05, 0.1) is 11.8 Å². The highest BCUT2D eigenvalue weighted by Crippen LogP contribution is 2.14. The molecule has 0 N–H and O–H groups in total. The molecule has 88 valence electrons.